The lowest BCUT2D eigenvalue weighted by molar-refractivity contribution is -0.151. The fraction of sp³-hybridized carbons (Fsp3) is 0.643. The molecule has 0 aromatic carbocycles. The quantitative estimate of drug-likeness (QED) is 0.873. The normalized spacial score (nSPS) is 19.4. The highest BCUT2D eigenvalue weighted by atomic mass is 16.5. The van der Waals surface area contributed by atoms with Crippen molar-refractivity contribution in [3.8, 4) is 5.75 Å². The number of aliphatic hydroxyl groups excluding tert-OH is 1. The SMILES string of the molecule is COC1(C(O)c2cncc(OC(C)C)c2)CCC1. The van der Waals surface area contributed by atoms with Crippen LogP contribution >= 0.6 is 0 Å². The van der Waals surface area contributed by atoms with Gasteiger partial charge in [-0.3, -0.25) is 4.98 Å². The van der Waals surface area contributed by atoms with Crippen molar-refractivity contribution in [1.29, 1.82) is 0 Å². The van der Waals surface area contributed by atoms with E-state index in [1.54, 1.807) is 19.5 Å². The molecule has 0 saturated heterocycles. The standard InChI is InChI=1S/C14H21NO3/c1-10(2)18-12-7-11(8-15-9-12)13(16)14(17-3)5-4-6-14/h7-10,13,16H,4-6H2,1-3H3. The number of hydrogen-bond acceptors (Lipinski definition) is 4. The molecule has 1 N–H and O–H groups in total. The highest BCUT2D eigenvalue weighted by Gasteiger charge is 2.44. The Bertz CT molecular complexity index is 396. The number of methoxy groups -OCH3 is 1. The molecule has 1 aliphatic rings. The third kappa shape index (κ3) is 2.49. The average molecular weight is 251 g/mol. The molecule has 0 spiro atoms. The molecule has 100 valence electrons. The van der Waals surface area contributed by atoms with E-state index in [0.29, 0.717) is 5.75 Å². The monoisotopic (exact) mass is 251 g/mol. The molecule has 0 aliphatic heterocycles. The minimum absolute atomic E-state index is 0.0966. The Morgan fingerprint density at radius 2 is 2.06 bits per heavy atom. The maximum atomic E-state index is 10.4. The van der Waals surface area contributed by atoms with Crippen molar-refractivity contribution >= 4 is 0 Å². The number of nitrogens with zero attached hydrogens (tertiary/aromatic N) is 1. The van der Waals surface area contributed by atoms with E-state index in [2.05, 4.69) is 4.98 Å². The second-order valence-electron chi connectivity index (χ2n) is 5.15. The van der Waals surface area contributed by atoms with E-state index in [-0.39, 0.29) is 6.10 Å². The third-order valence-electron chi connectivity index (χ3n) is 3.53. The summed E-state index contributed by atoms with van der Waals surface area (Å²) in [5.74, 6) is 0.687. The molecule has 1 heterocycles. The van der Waals surface area contributed by atoms with Crippen molar-refractivity contribution in [3.63, 3.8) is 0 Å². The van der Waals surface area contributed by atoms with E-state index in [1.165, 1.54) is 0 Å². The molecule has 0 radical (unpaired) electrons. The van der Waals surface area contributed by atoms with Crippen LogP contribution < -0.4 is 4.74 Å². The topological polar surface area (TPSA) is 51.6 Å². The number of hydrogen-bond donors (Lipinski definition) is 1. The number of ether oxygens (including phenoxy) is 2. The Morgan fingerprint density at radius 1 is 1.33 bits per heavy atom. The van der Waals surface area contributed by atoms with Gasteiger partial charge in [0.25, 0.3) is 0 Å². The molecule has 1 aromatic rings. The Balaban J connectivity index is 2.17. The maximum absolute atomic E-state index is 10.4. The summed E-state index contributed by atoms with van der Waals surface area (Å²) < 4.78 is 11.1. The summed E-state index contributed by atoms with van der Waals surface area (Å²) in [6.07, 6.45) is 5.67. The van der Waals surface area contributed by atoms with Crippen LogP contribution in [0.25, 0.3) is 0 Å². The summed E-state index contributed by atoms with van der Waals surface area (Å²) in [7, 11) is 1.66. The highest BCUT2D eigenvalue weighted by Crippen LogP contribution is 2.45. The first kappa shape index (κ1) is 13.3. The zero-order valence-corrected chi connectivity index (χ0v) is 11.2. The molecule has 1 aliphatic carbocycles. The number of rotatable bonds is 5. The molecule has 4 nitrogen and oxygen atoms in total. The zero-order valence-electron chi connectivity index (χ0n) is 11.2. The van der Waals surface area contributed by atoms with Crippen molar-refractivity contribution in [1.82, 2.24) is 4.98 Å². The molecule has 18 heavy (non-hydrogen) atoms. The molecule has 1 saturated carbocycles. The van der Waals surface area contributed by atoms with Crippen LogP contribution in [0.2, 0.25) is 0 Å². The molecular formula is C14H21NO3. The van der Waals surface area contributed by atoms with Gasteiger partial charge in [-0.25, -0.2) is 0 Å². The lowest BCUT2D eigenvalue weighted by Gasteiger charge is -2.44. The summed E-state index contributed by atoms with van der Waals surface area (Å²) in [6.45, 7) is 3.93. The Labute approximate surface area is 108 Å². The van der Waals surface area contributed by atoms with Gasteiger partial charge in [0.15, 0.2) is 0 Å². The third-order valence-corrected chi connectivity index (χ3v) is 3.53. The average Bonchev–Trinajstić information content (AvgIpc) is 2.27. The number of aliphatic hydroxyl groups is 1. The van der Waals surface area contributed by atoms with Crippen LogP contribution in [0.5, 0.6) is 5.75 Å². The van der Waals surface area contributed by atoms with Crippen LogP contribution in [0.4, 0.5) is 0 Å². The van der Waals surface area contributed by atoms with Gasteiger partial charge in [-0.1, -0.05) is 0 Å². The second kappa shape index (κ2) is 5.24. The van der Waals surface area contributed by atoms with Crippen molar-refractivity contribution in [2.75, 3.05) is 7.11 Å². The largest absolute Gasteiger partial charge is 0.489 e. The minimum Gasteiger partial charge on any atom is -0.489 e. The number of pyridine rings is 1. The first-order valence-corrected chi connectivity index (χ1v) is 6.42. The first-order valence-electron chi connectivity index (χ1n) is 6.42. The molecule has 0 bridgehead atoms. The van der Waals surface area contributed by atoms with Crippen molar-refractivity contribution in [3.05, 3.63) is 24.0 Å². The van der Waals surface area contributed by atoms with Gasteiger partial charge in [0, 0.05) is 18.9 Å². The molecule has 1 unspecified atom stereocenters. The van der Waals surface area contributed by atoms with E-state index >= 15 is 0 Å². The van der Waals surface area contributed by atoms with Crippen LogP contribution in [0.15, 0.2) is 18.5 Å². The smallest absolute Gasteiger partial charge is 0.138 e. The van der Waals surface area contributed by atoms with Crippen LogP contribution in [0.3, 0.4) is 0 Å². The predicted molar refractivity (Wildman–Crippen MR) is 68.6 cm³/mol. The fourth-order valence-electron chi connectivity index (χ4n) is 2.34. The molecule has 0 amide bonds. The Morgan fingerprint density at radius 3 is 2.56 bits per heavy atom. The van der Waals surface area contributed by atoms with Gasteiger partial charge in [0.2, 0.25) is 0 Å². The van der Waals surface area contributed by atoms with E-state index in [9.17, 15) is 5.11 Å². The van der Waals surface area contributed by atoms with E-state index in [1.807, 2.05) is 19.9 Å². The Hall–Kier alpha value is -1.13. The van der Waals surface area contributed by atoms with Gasteiger partial charge < -0.3 is 14.6 Å². The molecule has 2 rings (SSSR count). The van der Waals surface area contributed by atoms with Gasteiger partial charge in [-0.15, -0.1) is 0 Å². The van der Waals surface area contributed by atoms with Crippen LogP contribution in [0, 0.1) is 0 Å². The lowest BCUT2D eigenvalue weighted by Crippen LogP contribution is -2.45. The fourth-order valence-corrected chi connectivity index (χ4v) is 2.34. The van der Waals surface area contributed by atoms with Crippen LogP contribution in [-0.4, -0.2) is 28.9 Å². The summed E-state index contributed by atoms with van der Waals surface area (Å²) in [5, 5.41) is 10.4. The van der Waals surface area contributed by atoms with Crippen molar-refractivity contribution in [2.45, 2.75) is 50.9 Å². The summed E-state index contributed by atoms with van der Waals surface area (Å²) >= 11 is 0. The van der Waals surface area contributed by atoms with Gasteiger partial charge in [0.1, 0.15) is 11.9 Å². The van der Waals surface area contributed by atoms with Gasteiger partial charge in [-0.05, 0) is 39.2 Å². The van der Waals surface area contributed by atoms with E-state index < -0.39 is 11.7 Å². The van der Waals surface area contributed by atoms with Crippen LogP contribution in [0.1, 0.15) is 44.8 Å². The zero-order chi connectivity index (χ0) is 13.2. The van der Waals surface area contributed by atoms with E-state index in [4.69, 9.17) is 9.47 Å². The molecule has 1 fully saturated rings. The number of aromatic nitrogens is 1. The Kier molecular flexibility index (Phi) is 3.88. The molecular weight excluding hydrogens is 230 g/mol. The molecule has 4 heteroatoms. The van der Waals surface area contributed by atoms with Gasteiger partial charge in [-0.2, -0.15) is 0 Å². The van der Waals surface area contributed by atoms with Crippen LogP contribution in [-0.2, 0) is 4.74 Å². The van der Waals surface area contributed by atoms with Crippen molar-refractivity contribution in [2.24, 2.45) is 0 Å². The van der Waals surface area contributed by atoms with E-state index in [0.717, 1.165) is 24.8 Å². The highest BCUT2D eigenvalue weighted by molar-refractivity contribution is 5.27. The summed E-state index contributed by atoms with van der Waals surface area (Å²) in [6, 6.07) is 1.84. The lowest BCUT2D eigenvalue weighted by atomic mass is 9.74. The minimum atomic E-state index is -0.639. The van der Waals surface area contributed by atoms with Gasteiger partial charge >= 0.3 is 0 Å². The summed E-state index contributed by atoms with van der Waals surface area (Å²) in [4.78, 5) is 4.12. The van der Waals surface area contributed by atoms with Gasteiger partial charge in [0.05, 0.1) is 17.9 Å². The summed E-state index contributed by atoms with van der Waals surface area (Å²) in [5.41, 5.74) is 0.327. The second-order valence-corrected chi connectivity index (χ2v) is 5.15. The van der Waals surface area contributed by atoms with Crippen molar-refractivity contribution < 1.29 is 14.6 Å². The molecule has 1 aromatic heterocycles. The maximum Gasteiger partial charge on any atom is 0.138 e. The molecule has 1 atom stereocenters. The first-order chi connectivity index (χ1) is 8.57. The predicted octanol–water partition coefficient (Wildman–Crippen LogP) is 2.47.